The van der Waals surface area contributed by atoms with Crippen LogP contribution in [0.15, 0.2) is 48.7 Å². The molecule has 5 heteroatoms. The van der Waals surface area contributed by atoms with Crippen LogP contribution in [0.25, 0.3) is 10.9 Å². The van der Waals surface area contributed by atoms with E-state index in [-0.39, 0.29) is 5.56 Å². The van der Waals surface area contributed by atoms with Gasteiger partial charge in [0.25, 0.3) is 0 Å². The third kappa shape index (κ3) is 2.35. The van der Waals surface area contributed by atoms with Crippen molar-refractivity contribution < 1.29 is 4.39 Å². The van der Waals surface area contributed by atoms with Crippen LogP contribution >= 0.6 is 0 Å². The zero-order chi connectivity index (χ0) is 14.8. The monoisotopic (exact) mass is 278 g/mol. The number of nitrogens with two attached hydrogens (primary N) is 1. The molecule has 102 valence electrons. The number of pyridine rings is 1. The van der Waals surface area contributed by atoms with Crippen molar-refractivity contribution in [2.45, 2.75) is 0 Å². The average molecular weight is 278 g/mol. The Labute approximate surface area is 120 Å². The highest BCUT2D eigenvalue weighted by molar-refractivity contribution is 5.99. The molecule has 0 saturated heterocycles. The van der Waals surface area contributed by atoms with Crippen molar-refractivity contribution in [1.82, 2.24) is 4.98 Å². The van der Waals surface area contributed by atoms with Crippen LogP contribution in [0.2, 0.25) is 0 Å². The first-order chi connectivity index (χ1) is 10.2. The maximum atomic E-state index is 13.2. The molecule has 3 aromatic rings. The maximum absolute atomic E-state index is 13.2. The lowest BCUT2D eigenvalue weighted by Crippen LogP contribution is -1.97. The Morgan fingerprint density at radius 3 is 2.76 bits per heavy atom. The molecule has 0 unspecified atom stereocenters. The lowest BCUT2D eigenvalue weighted by atomic mass is 10.1. The summed E-state index contributed by atoms with van der Waals surface area (Å²) in [5.74, 6) is -0.444. The van der Waals surface area contributed by atoms with E-state index in [4.69, 9.17) is 11.0 Å². The molecule has 0 aliphatic heterocycles. The minimum atomic E-state index is -0.444. The SMILES string of the molecule is N#Cc1cc(F)ccc1Nc1ccc(N)c2ncccc12. The van der Waals surface area contributed by atoms with Gasteiger partial charge in [0, 0.05) is 17.3 Å². The summed E-state index contributed by atoms with van der Waals surface area (Å²) in [5, 5.41) is 13.1. The topological polar surface area (TPSA) is 74.7 Å². The van der Waals surface area contributed by atoms with E-state index in [2.05, 4.69) is 10.3 Å². The Kier molecular flexibility index (Phi) is 3.13. The van der Waals surface area contributed by atoms with Crippen molar-refractivity contribution >= 4 is 28.0 Å². The summed E-state index contributed by atoms with van der Waals surface area (Å²) in [6, 6.07) is 13.3. The van der Waals surface area contributed by atoms with Crippen molar-refractivity contribution in [2.75, 3.05) is 11.1 Å². The van der Waals surface area contributed by atoms with Crippen molar-refractivity contribution in [1.29, 1.82) is 5.26 Å². The van der Waals surface area contributed by atoms with E-state index in [1.54, 1.807) is 12.3 Å². The van der Waals surface area contributed by atoms with Crippen LogP contribution in [0.5, 0.6) is 0 Å². The quantitative estimate of drug-likeness (QED) is 0.703. The van der Waals surface area contributed by atoms with Gasteiger partial charge in [0.15, 0.2) is 0 Å². The summed E-state index contributed by atoms with van der Waals surface area (Å²) < 4.78 is 13.2. The molecule has 0 amide bonds. The Morgan fingerprint density at radius 2 is 1.95 bits per heavy atom. The van der Waals surface area contributed by atoms with E-state index in [0.717, 1.165) is 11.1 Å². The number of hydrogen-bond donors (Lipinski definition) is 2. The van der Waals surface area contributed by atoms with Crippen molar-refractivity contribution in [3.8, 4) is 6.07 Å². The molecule has 21 heavy (non-hydrogen) atoms. The number of nitrogens with one attached hydrogen (secondary N) is 1. The smallest absolute Gasteiger partial charge is 0.124 e. The molecular formula is C16H11FN4. The fourth-order valence-corrected chi connectivity index (χ4v) is 2.17. The van der Waals surface area contributed by atoms with E-state index in [0.29, 0.717) is 16.9 Å². The third-order valence-corrected chi connectivity index (χ3v) is 3.17. The second-order valence-electron chi connectivity index (χ2n) is 4.53. The minimum absolute atomic E-state index is 0.240. The highest BCUT2D eigenvalue weighted by Crippen LogP contribution is 2.30. The minimum Gasteiger partial charge on any atom is -0.397 e. The number of benzene rings is 2. The van der Waals surface area contributed by atoms with Gasteiger partial charge in [-0.2, -0.15) is 5.26 Å². The van der Waals surface area contributed by atoms with Crippen LogP contribution in [0.4, 0.5) is 21.5 Å². The Hall–Kier alpha value is -3.13. The molecule has 0 saturated carbocycles. The van der Waals surface area contributed by atoms with Gasteiger partial charge in [-0.1, -0.05) is 0 Å². The Balaban J connectivity index is 2.11. The van der Waals surface area contributed by atoms with E-state index in [1.165, 1.54) is 18.2 Å². The third-order valence-electron chi connectivity index (χ3n) is 3.17. The average Bonchev–Trinajstić information content (AvgIpc) is 2.52. The van der Waals surface area contributed by atoms with Crippen LogP contribution in [-0.2, 0) is 0 Å². The summed E-state index contributed by atoms with van der Waals surface area (Å²) >= 11 is 0. The van der Waals surface area contributed by atoms with Crippen LogP contribution in [0.1, 0.15) is 5.56 Å². The molecule has 0 fully saturated rings. The molecule has 0 aliphatic rings. The summed E-state index contributed by atoms with van der Waals surface area (Å²) in [4.78, 5) is 4.25. The number of aromatic nitrogens is 1. The number of rotatable bonds is 2. The van der Waals surface area contributed by atoms with Gasteiger partial charge in [0.1, 0.15) is 11.9 Å². The molecule has 0 radical (unpaired) electrons. The van der Waals surface area contributed by atoms with Gasteiger partial charge in [0.05, 0.1) is 22.5 Å². The number of hydrogen-bond acceptors (Lipinski definition) is 4. The fourth-order valence-electron chi connectivity index (χ4n) is 2.17. The highest BCUT2D eigenvalue weighted by atomic mass is 19.1. The van der Waals surface area contributed by atoms with Gasteiger partial charge in [-0.25, -0.2) is 4.39 Å². The first kappa shape index (κ1) is 12.9. The predicted octanol–water partition coefficient (Wildman–Crippen LogP) is 3.57. The first-order valence-electron chi connectivity index (χ1n) is 6.29. The Morgan fingerprint density at radius 1 is 1.14 bits per heavy atom. The molecule has 0 spiro atoms. The number of nitrogens with zero attached hydrogens (tertiary/aromatic N) is 2. The first-order valence-corrected chi connectivity index (χ1v) is 6.29. The molecule has 0 bridgehead atoms. The van der Waals surface area contributed by atoms with Gasteiger partial charge in [-0.05, 0) is 42.5 Å². The fraction of sp³-hybridized carbons (Fsp3) is 0. The number of nitriles is 1. The lowest BCUT2D eigenvalue weighted by Gasteiger charge is -2.12. The normalized spacial score (nSPS) is 10.3. The van der Waals surface area contributed by atoms with E-state index in [1.807, 2.05) is 24.3 Å². The molecule has 1 aromatic heterocycles. The largest absolute Gasteiger partial charge is 0.397 e. The number of nitrogen functional groups attached to an aromatic ring is 1. The summed E-state index contributed by atoms with van der Waals surface area (Å²) in [7, 11) is 0. The lowest BCUT2D eigenvalue weighted by molar-refractivity contribution is 0.627. The van der Waals surface area contributed by atoms with E-state index < -0.39 is 5.82 Å². The summed E-state index contributed by atoms with van der Waals surface area (Å²) in [6.45, 7) is 0. The van der Waals surface area contributed by atoms with Crippen molar-refractivity contribution in [3.05, 3.63) is 60.0 Å². The molecule has 2 aromatic carbocycles. The van der Waals surface area contributed by atoms with Gasteiger partial charge >= 0.3 is 0 Å². The molecule has 1 heterocycles. The second kappa shape index (κ2) is 5.10. The zero-order valence-electron chi connectivity index (χ0n) is 11.0. The molecule has 3 rings (SSSR count). The Bertz CT molecular complexity index is 868. The van der Waals surface area contributed by atoms with Crippen LogP contribution in [-0.4, -0.2) is 4.98 Å². The van der Waals surface area contributed by atoms with E-state index in [9.17, 15) is 4.39 Å². The van der Waals surface area contributed by atoms with Gasteiger partial charge in [0.2, 0.25) is 0 Å². The summed E-state index contributed by atoms with van der Waals surface area (Å²) in [6.07, 6.45) is 1.67. The maximum Gasteiger partial charge on any atom is 0.124 e. The highest BCUT2D eigenvalue weighted by Gasteiger charge is 2.08. The van der Waals surface area contributed by atoms with Crippen LogP contribution in [0.3, 0.4) is 0 Å². The molecule has 0 atom stereocenters. The molecule has 4 nitrogen and oxygen atoms in total. The van der Waals surface area contributed by atoms with Gasteiger partial charge < -0.3 is 11.1 Å². The second-order valence-corrected chi connectivity index (χ2v) is 4.53. The molecule has 3 N–H and O–H groups in total. The van der Waals surface area contributed by atoms with E-state index >= 15 is 0 Å². The number of fused-ring (bicyclic) bond motifs is 1. The van der Waals surface area contributed by atoms with Gasteiger partial charge in [-0.3, -0.25) is 4.98 Å². The van der Waals surface area contributed by atoms with Gasteiger partial charge in [-0.15, -0.1) is 0 Å². The van der Waals surface area contributed by atoms with Crippen molar-refractivity contribution in [2.24, 2.45) is 0 Å². The zero-order valence-corrected chi connectivity index (χ0v) is 11.0. The summed E-state index contributed by atoms with van der Waals surface area (Å²) in [5.41, 5.74) is 8.70. The molecular weight excluding hydrogens is 267 g/mol. The number of anilines is 3. The number of halogens is 1. The van der Waals surface area contributed by atoms with Crippen molar-refractivity contribution in [3.63, 3.8) is 0 Å². The predicted molar refractivity (Wildman–Crippen MR) is 80.6 cm³/mol. The molecule has 0 aliphatic carbocycles. The van der Waals surface area contributed by atoms with Crippen LogP contribution in [0, 0.1) is 17.1 Å². The standard InChI is InChI=1S/C16H11FN4/c17-11-3-5-14(10(8-11)9-18)21-15-6-4-13(19)16-12(15)2-1-7-20-16/h1-8,21H,19H2. The van der Waals surface area contributed by atoms with Crippen LogP contribution < -0.4 is 11.1 Å².